The van der Waals surface area contributed by atoms with Gasteiger partial charge in [0, 0.05) is 17.8 Å². The number of nitrogens with one attached hydrogen (secondary N) is 1. The molecule has 21 heavy (non-hydrogen) atoms. The number of benzene rings is 1. The van der Waals surface area contributed by atoms with Gasteiger partial charge < -0.3 is 11.1 Å². The molecule has 0 aliphatic carbocycles. The Morgan fingerprint density at radius 2 is 2.00 bits per heavy atom. The van der Waals surface area contributed by atoms with Crippen LogP contribution in [0.4, 0.5) is 11.5 Å². The number of nitrogen functional groups attached to an aromatic ring is 1. The van der Waals surface area contributed by atoms with Crippen molar-refractivity contribution in [1.82, 2.24) is 9.97 Å². The quantitative estimate of drug-likeness (QED) is 0.706. The topological polar surface area (TPSA) is 80.9 Å². The molecule has 0 radical (unpaired) electrons. The molecular weight excluding hydrogens is 264 g/mol. The van der Waals surface area contributed by atoms with Crippen LogP contribution >= 0.6 is 0 Å². The Kier molecular flexibility index (Phi) is 3.23. The van der Waals surface area contributed by atoms with E-state index in [0.29, 0.717) is 17.1 Å². The van der Waals surface area contributed by atoms with E-state index < -0.39 is 0 Å². The Morgan fingerprint density at radius 1 is 1.14 bits per heavy atom. The highest BCUT2D eigenvalue weighted by Crippen LogP contribution is 2.23. The molecule has 0 spiro atoms. The summed E-state index contributed by atoms with van der Waals surface area (Å²) in [6.45, 7) is 1.94. The Morgan fingerprint density at radius 3 is 2.76 bits per heavy atom. The summed E-state index contributed by atoms with van der Waals surface area (Å²) in [5.41, 5.74) is 8.71. The zero-order valence-corrected chi connectivity index (χ0v) is 11.5. The minimum absolute atomic E-state index is 0.283. The van der Waals surface area contributed by atoms with Crippen LogP contribution in [0.25, 0.3) is 10.9 Å². The van der Waals surface area contributed by atoms with Gasteiger partial charge in [-0.25, -0.2) is 4.98 Å². The van der Waals surface area contributed by atoms with E-state index >= 15 is 0 Å². The van der Waals surface area contributed by atoms with Gasteiger partial charge in [-0.3, -0.25) is 9.78 Å². The van der Waals surface area contributed by atoms with E-state index in [-0.39, 0.29) is 5.91 Å². The molecule has 1 amide bonds. The van der Waals surface area contributed by atoms with Crippen LogP contribution in [0.15, 0.2) is 48.8 Å². The van der Waals surface area contributed by atoms with E-state index in [1.807, 2.05) is 19.1 Å². The molecule has 104 valence electrons. The van der Waals surface area contributed by atoms with Gasteiger partial charge in [-0.05, 0) is 42.8 Å². The van der Waals surface area contributed by atoms with Gasteiger partial charge in [0.05, 0.1) is 16.8 Å². The van der Waals surface area contributed by atoms with Crippen molar-refractivity contribution in [3.8, 4) is 0 Å². The number of carbonyl (C=O) groups is 1. The number of carbonyl (C=O) groups excluding carboxylic acids is 1. The fourth-order valence-electron chi connectivity index (χ4n) is 2.10. The SMILES string of the molecule is Cc1ccc(NC(=O)c2ccc3ncccc3c2N)nc1. The molecule has 3 rings (SSSR count). The van der Waals surface area contributed by atoms with Crippen molar-refractivity contribution in [1.29, 1.82) is 0 Å². The number of fused-ring (bicyclic) bond motifs is 1. The van der Waals surface area contributed by atoms with Gasteiger partial charge in [0.25, 0.3) is 5.91 Å². The largest absolute Gasteiger partial charge is 0.398 e. The van der Waals surface area contributed by atoms with E-state index in [1.165, 1.54) is 0 Å². The lowest BCUT2D eigenvalue weighted by Gasteiger charge is -2.09. The van der Waals surface area contributed by atoms with Crippen LogP contribution in [0, 0.1) is 6.92 Å². The fourth-order valence-corrected chi connectivity index (χ4v) is 2.10. The summed E-state index contributed by atoms with van der Waals surface area (Å²) in [4.78, 5) is 20.7. The molecule has 5 heteroatoms. The van der Waals surface area contributed by atoms with Gasteiger partial charge in [0.2, 0.25) is 0 Å². The second-order valence-electron chi connectivity index (χ2n) is 4.77. The number of amides is 1. The lowest BCUT2D eigenvalue weighted by atomic mass is 10.1. The minimum atomic E-state index is -0.283. The maximum Gasteiger partial charge on any atom is 0.258 e. The van der Waals surface area contributed by atoms with Crippen LogP contribution in [0.1, 0.15) is 15.9 Å². The van der Waals surface area contributed by atoms with Gasteiger partial charge in [-0.2, -0.15) is 0 Å². The van der Waals surface area contributed by atoms with E-state index in [4.69, 9.17) is 5.73 Å². The third kappa shape index (κ3) is 2.53. The third-order valence-electron chi connectivity index (χ3n) is 3.22. The van der Waals surface area contributed by atoms with Crippen molar-refractivity contribution in [2.45, 2.75) is 6.92 Å². The molecule has 3 aromatic rings. The van der Waals surface area contributed by atoms with Gasteiger partial charge in [0.1, 0.15) is 5.82 Å². The van der Waals surface area contributed by atoms with E-state index in [2.05, 4.69) is 15.3 Å². The van der Waals surface area contributed by atoms with Crippen LogP contribution in [0.2, 0.25) is 0 Å². The van der Waals surface area contributed by atoms with E-state index in [9.17, 15) is 4.79 Å². The maximum absolute atomic E-state index is 12.3. The number of aryl methyl sites for hydroxylation is 1. The number of nitrogens with zero attached hydrogens (tertiary/aromatic N) is 2. The summed E-state index contributed by atoms with van der Waals surface area (Å²) in [5, 5.41) is 3.51. The molecule has 0 aliphatic rings. The monoisotopic (exact) mass is 278 g/mol. The molecule has 0 saturated heterocycles. The average Bonchev–Trinajstić information content (AvgIpc) is 2.50. The van der Waals surface area contributed by atoms with Crippen molar-refractivity contribution in [2.24, 2.45) is 0 Å². The summed E-state index contributed by atoms with van der Waals surface area (Å²) in [6.07, 6.45) is 3.39. The number of anilines is 2. The van der Waals surface area contributed by atoms with Crippen molar-refractivity contribution in [3.05, 3.63) is 59.9 Å². The molecule has 0 unspecified atom stereocenters. The van der Waals surface area contributed by atoms with Crippen LogP contribution in [0.3, 0.4) is 0 Å². The smallest absolute Gasteiger partial charge is 0.258 e. The van der Waals surface area contributed by atoms with Crippen LogP contribution in [-0.4, -0.2) is 15.9 Å². The van der Waals surface area contributed by atoms with Gasteiger partial charge in [-0.15, -0.1) is 0 Å². The first kappa shape index (κ1) is 13.1. The van der Waals surface area contributed by atoms with Crippen LogP contribution < -0.4 is 11.1 Å². The number of hydrogen-bond acceptors (Lipinski definition) is 4. The normalized spacial score (nSPS) is 10.5. The average molecular weight is 278 g/mol. The molecule has 0 aliphatic heterocycles. The zero-order valence-electron chi connectivity index (χ0n) is 11.5. The Bertz CT molecular complexity index is 812. The molecule has 0 saturated carbocycles. The first-order chi connectivity index (χ1) is 10.1. The second-order valence-corrected chi connectivity index (χ2v) is 4.77. The molecular formula is C16H14N4O. The predicted octanol–water partition coefficient (Wildman–Crippen LogP) is 2.77. The first-order valence-electron chi connectivity index (χ1n) is 6.52. The first-order valence-corrected chi connectivity index (χ1v) is 6.52. The second kappa shape index (κ2) is 5.20. The Hall–Kier alpha value is -2.95. The number of pyridine rings is 2. The van der Waals surface area contributed by atoms with E-state index in [0.717, 1.165) is 16.5 Å². The lowest BCUT2D eigenvalue weighted by Crippen LogP contribution is -2.15. The molecule has 0 bridgehead atoms. The summed E-state index contributed by atoms with van der Waals surface area (Å²) < 4.78 is 0. The highest BCUT2D eigenvalue weighted by atomic mass is 16.1. The molecule has 2 heterocycles. The standard InChI is InChI=1S/C16H14N4O/c1-10-4-7-14(19-9-10)20-16(21)12-5-6-13-11(15(12)17)3-2-8-18-13/h2-9H,17H2,1H3,(H,19,20,21). The predicted molar refractivity (Wildman–Crippen MR) is 83.1 cm³/mol. The molecule has 1 aromatic carbocycles. The van der Waals surface area contributed by atoms with Gasteiger partial charge in [-0.1, -0.05) is 6.07 Å². The summed E-state index contributed by atoms with van der Waals surface area (Å²) in [6, 6.07) is 10.7. The summed E-state index contributed by atoms with van der Waals surface area (Å²) >= 11 is 0. The summed E-state index contributed by atoms with van der Waals surface area (Å²) in [7, 11) is 0. The number of hydrogen-bond donors (Lipinski definition) is 2. The number of rotatable bonds is 2. The number of nitrogens with two attached hydrogens (primary N) is 1. The van der Waals surface area contributed by atoms with Crippen molar-refractivity contribution >= 4 is 28.3 Å². The third-order valence-corrected chi connectivity index (χ3v) is 3.22. The lowest BCUT2D eigenvalue weighted by molar-refractivity contribution is 0.102. The Labute approximate surface area is 121 Å². The van der Waals surface area contributed by atoms with Crippen molar-refractivity contribution in [3.63, 3.8) is 0 Å². The van der Waals surface area contributed by atoms with Crippen molar-refractivity contribution < 1.29 is 4.79 Å². The van der Waals surface area contributed by atoms with E-state index in [1.54, 1.807) is 36.7 Å². The van der Waals surface area contributed by atoms with Gasteiger partial charge in [0.15, 0.2) is 0 Å². The molecule has 0 fully saturated rings. The zero-order chi connectivity index (χ0) is 14.8. The summed E-state index contributed by atoms with van der Waals surface area (Å²) in [5.74, 6) is 0.214. The Balaban J connectivity index is 1.94. The fraction of sp³-hybridized carbons (Fsp3) is 0.0625. The van der Waals surface area contributed by atoms with Gasteiger partial charge >= 0.3 is 0 Å². The molecule has 0 atom stereocenters. The van der Waals surface area contributed by atoms with Crippen molar-refractivity contribution in [2.75, 3.05) is 11.1 Å². The van der Waals surface area contributed by atoms with Crippen LogP contribution in [-0.2, 0) is 0 Å². The minimum Gasteiger partial charge on any atom is -0.398 e. The molecule has 5 nitrogen and oxygen atoms in total. The highest BCUT2D eigenvalue weighted by molar-refractivity contribution is 6.12. The molecule has 2 aromatic heterocycles. The molecule has 3 N–H and O–H groups in total. The number of aromatic nitrogens is 2. The maximum atomic E-state index is 12.3. The highest BCUT2D eigenvalue weighted by Gasteiger charge is 2.13. The van der Waals surface area contributed by atoms with Crippen LogP contribution in [0.5, 0.6) is 0 Å².